The van der Waals surface area contributed by atoms with Gasteiger partial charge in [0, 0.05) is 6.20 Å². The number of aromatic nitrogens is 3. The van der Waals surface area contributed by atoms with Gasteiger partial charge in [0.25, 0.3) is 0 Å². The molecule has 6 heteroatoms. The molecule has 2 rings (SSSR count). The fraction of sp³-hybridized carbons (Fsp3) is 0.357. The zero-order chi connectivity index (χ0) is 14.5. The number of aromatic amines is 1. The summed E-state index contributed by atoms with van der Waals surface area (Å²) in [7, 11) is 0. The van der Waals surface area contributed by atoms with Crippen molar-refractivity contribution in [3.8, 4) is 5.88 Å². The van der Waals surface area contributed by atoms with Gasteiger partial charge in [0.05, 0.1) is 12.0 Å². The van der Waals surface area contributed by atoms with E-state index in [-0.39, 0.29) is 0 Å². The van der Waals surface area contributed by atoms with E-state index in [4.69, 9.17) is 10.5 Å². The van der Waals surface area contributed by atoms with Gasteiger partial charge in [-0.3, -0.25) is 4.79 Å². The van der Waals surface area contributed by atoms with Gasteiger partial charge in [-0.1, -0.05) is 19.9 Å². The molecule has 0 aliphatic carbocycles. The minimum Gasteiger partial charge on any atom is -0.477 e. The fourth-order valence-corrected chi connectivity index (χ4v) is 1.81. The van der Waals surface area contributed by atoms with Gasteiger partial charge in [0.2, 0.25) is 11.8 Å². The molecule has 0 saturated heterocycles. The molecular weight excluding hydrogens is 256 g/mol. The van der Waals surface area contributed by atoms with Crippen LogP contribution in [0.25, 0.3) is 11.0 Å². The number of carbonyl (C=O) groups excluding carboxylic acids is 1. The maximum Gasteiger partial charge on any atom is 0.241 e. The second-order valence-corrected chi connectivity index (χ2v) is 4.93. The maximum absolute atomic E-state index is 10.7. The number of rotatable bonds is 6. The predicted molar refractivity (Wildman–Crippen MR) is 76.3 cm³/mol. The molecule has 2 heterocycles. The Kier molecular flexibility index (Phi) is 4.34. The number of H-pyrrole nitrogens is 1. The second kappa shape index (κ2) is 6.18. The summed E-state index contributed by atoms with van der Waals surface area (Å²) < 4.78 is 5.72. The molecule has 1 amide bonds. The third-order valence-electron chi connectivity index (χ3n) is 2.69. The Morgan fingerprint density at radius 1 is 1.50 bits per heavy atom. The van der Waals surface area contributed by atoms with Gasteiger partial charge in [-0.05, 0) is 24.0 Å². The van der Waals surface area contributed by atoms with Crippen LogP contribution >= 0.6 is 0 Å². The van der Waals surface area contributed by atoms with E-state index < -0.39 is 5.91 Å². The Balaban J connectivity index is 2.28. The Hall–Kier alpha value is -2.37. The highest BCUT2D eigenvalue weighted by molar-refractivity contribution is 5.87. The quantitative estimate of drug-likeness (QED) is 0.782. The molecular formula is C14H18N4O2. The van der Waals surface area contributed by atoms with E-state index in [0.717, 1.165) is 16.6 Å². The predicted octanol–water partition coefficient (Wildman–Crippen LogP) is 1.58. The van der Waals surface area contributed by atoms with E-state index in [1.54, 1.807) is 6.08 Å². The third-order valence-corrected chi connectivity index (χ3v) is 2.69. The van der Waals surface area contributed by atoms with Crippen LogP contribution in [0.1, 0.15) is 19.4 Å². The van der Waals surface area contributed by atoms with Crippen LogP contribution in [0.3, 0.4) is 0 Å². The van der Waals surface area contributed by atoms with Gasteiger partial charge in [-0.25, -0.2) is 9.97 Å². The minimum absolute atomic E-state index is 0.414. The fourth-order valence-electron chi connectivity index (χ4n) is 1.81. The minimum atomic E-state index is -0.461. The van der Waals surface area contributed by atoms with Crippen molar-refractivity contribution >= 4 is 16.9 Å². The van der Waals surface area contributed by atoms with Crippen molar-refractivity contribution in [3.63, 3.8) is 0 Å². The van der Waals surface area contributed by atoms with Crippen LogP contribution in [0.4, 0.5) is 0 Å². The average Bonchev–Trinajstić information content (AvgIpc) is 2.80. The van der Waals surface area contributed by atoms with E-state index in [9.17, 15) is 4.79 Å². The normalized spacial score (nSPS) is 11.6. The zero-order valence-corrected chi connectivity index (χ0v) is 11.6. The van der Waals surface area contributed by atoms with Gasteiger partial charge in [-0.2, -0.15) is 0 Å². The summed E-state index contributed by atoms with van der Waals surface area (Å²) >= 11 is 0. The number of hydrogen-bond donors (Lipinski definition) is 2. The highest BCUT2D eigenvalue weighted by Gasteiger charge is 2.11. The molecule has 0 spiro atoms. The summed E-state index contributed by atoms with van der Waals surface area (Å²) in [5, 5.41) is 0.849. The van der Waals surface area contributed by atoms with E-state index in [2.05, 4.69) is 28.8 Å². The molecule has 2 aromatic rings. The molecule has 0 atom stereocenters. The van der Waals surface area contributed by atoms with Crippen LogP contribution in [0, 0.1) is 5.92 Å². The zero-order valence-electron chi connectivity index (χ0n) is 11.6. The molecule has 3 N–H and O–H groups in total. The lowest BCUT2D eigenvalue weighted by atomic mass is 10.1. The first-order chi connectivity index (χ1) is 9.58. The van der Waals surface area contributed by atoms with Crippen LogP contribution in [0.15, 0.2) is 24.7 Å². The number of nitrogens with one attached hydrogen (secondary N) is 1. The van der Waals surface area contributed by atoms with Crippen LogP contribution in [-0.2, 0) is 11.2 Å². The largest absolute Gasteiger partial charge is 0.477 e. The molecule has 2 aromatic heterocycles. The molecule has 6 nitrogen and oxygen atoms in total. The Bertz CT molecular complexity index is 631. The molecule has 0 aliphatic heterocycles. The first-order valence-corrected chi connectivity index (χ1v) is 6.47. The summed E-state index contributed by atoms with van der Waals surface area (Å²) in [5.41, 5.74) is 6.77. The number of ether oxygens (including phenoxy) is 1. The van der Waals surface area contributed by atoms with E-state index in [1.807, 2.05) is 6.20 Å². The average molecular weight is 274 g/mol. The number of primary amides is 1. The van der Waals surface area contributed by atoms with Crippen molar-refractivity contribution in [3.05, 3.63) is 30.2 Å². The second-order valence-electron chi connectivity index (χ2n) is 4.93. The molecule has 0 fully saturated rings. The number of amides is 1. The molecule has 0 aromatic carbocycles. The van der Waals surface area contributed by atoms with Crippen molar-refractivity contribution in [2.75, 3.05) is 6.61 Å². The Morgan fingerprint density at radius 3 is 3.00 bits per heavy atom. The molecule has 0 saturated carbocycles. The molecule has 0 unspecified atom stereocenters. The highest BCUT2D eigenvalue weighted by Crippen LogP contribution is 2.26. The summed E-state index contributed by atoms with van der Waals surface area (Å²) in [4.78, 5) is 22.1. The van der Waals surface area contributed by atoms with Crippen molar-refractivity contribution in [2.45, 2.75) is 20.3 Å². The Labute approximate surface area is 117 Å². The van der Waals surface area contributed by atoms with Crippen LogP contribution in [-0.4, -0.2) is 27.5 Å². The lowest BCUT2D eigenvalue weighted by Crippen LogP contribution is -2.06. The van der Waals surface area contributed by atoms with Gasteiger partial charge in [0.1, 0.15) is 12.0 Å². The number of allylic oxidation sites excluding steroid dienone is 1. The van der Waals surface area contributed by atoms with Gasteiger partial charge < -0.3 is 15.5 Å². The SMILES string of the molecule is CC(C)COc1ncnc2[nH]cc(C/C=C/C(N)=O)c12. The van der Waals surface area contributed by atoms with Crippen LogP contribution < -0.4 is 10.5 Å². The van der Waals surface area contributed by atoms with E-state index in [1.165, 1.54) is 12.4 Å². The monoisotopic (exact) mass is 274 g/mol. The summed E-state index contributed by atoms with van der Waals surface area (Å²) in [5.74, 6) is 0.516. The maximum atomic E-state index is 10.7. The highest BCUT2D eigenvalue weighted by atomic mass is 16.5. The summed E-state index contributed by atoms with van der Waals surface area (Å²) in [6.45, 7) is 4.74. The van der Waals surface area contributed by atoms with Crippen LogP contribution in [0.5, 0.6) is 5.88 Å². The van der Waals surface area contributed by atoms with Crippen molar-refractivity contribution in [2.24, 2.45) is 11.7 Å². The van der Waals surface area contributed by atoms with E-state index in [0.29, 0.717) is 24.8 Å². The summed E-state index contributed by atoms with van der Waals surface area (Å²) in [6.07, 6.45) is 6.93. The smallest absolute Gasteiger partial charge is 0.241 e. The lowest BCUT2D eigenvalue weighted by molar-refractivity contribution is -0.113. The third kappa shape index (κ3) is 3.34. The molecule has 106 valence electrons. The van der Waals surface area contributed by atoms with Gasteiger partial charge >= 0.3 is 0 Å². The standard InChI is InChI=1S/C14H18N4O2/c1-9(2)7-20-14-12-10(4-3-5-11(15)19)6-16-13(12)17-8-18-14/h3,5-6,8-9H,4,7H2,1-2H3,(H2,15,19)(H,16,17,18)/b5-3+. The molecule has 0 radical (unpaired) electrons. The van der Waals surface area contributed by atoms with Crippen molar-refractivity contribution < 1.29 is 9.53 Å². The number of nitrogens with two attached hydrogens (primary N) is 1. The lowest BCUT2D eigenvalue weighted by Gasteiger charge is -2.08. The summed E-state index contributed by atoms with van der Waals surface area (Å²) in [6, 6.07) is 0. The first-order valence-electron chi connectivity index (χ1n) is 6.47. The topological polar surface area (TPSA) is 93.9 Å². The van der Waals surface area contributed by atoms with Crippen LogP contribution in [0.2, 0.25) is 0 Å². The first kappa shape index (κ1) is 14.0. The van der Waals surface area contributed by atoms with Gasteiger partial charge in [-0.15, -0.1) is 0 Å². The van der Waals surface area contributed by atoms with Crippen molar-refractivity contribution in [1.29, 1.82) is 0 Å². The van der Waals surface area contributed by atoms with Crippen molar-refractivity contribution in [1.82, 2.24) is 15.0 Å². The molecule has 20 heavy (non-hydrogen) atoms. The number of fused-ring (bicyclic) bond motifs is 1. The van der Waals surface area contributed by atoms with Gasteiger partial charge in [0.15, 0.2) is 0 Å². The Morgan fingerprint density at radius 2 is 2.30 bits per heavy atom. The number of carbonyl (C=O) groups is 1. The number of nitrogens with zero attached hydrogens (tertiary/aromatic N) is 2. The number of hydrogen-bond acceptors (Lipinski definition) is 4. The molecule has 0 bridgehead atoms. The molecule has 0 aliphatic rings. The van der Waals surface area contributed by atoms with E-state index >= 15 is 0 Å².